The third kappa shape index (κ3) is 19.6. The van der Waals surface area contributed by atoms with Crippen LogP contribution in [0.2, 0.25) is 0 Å². The fourth-order valence-corrected chi connectivity index (χ4v) is 19.7. The lowest BCUT2D eigenvalue weighted by atomic mass is 9.56. The predicted octanol–water partition coefficient (Wildman–Crippen LogP) is 24.2. The molecule has 20 aliphatic rings. The molecule has 0 aromatic heterocycles. The van der Waals surface area contributed by atoms with Gasteiger partial charge in [0.15, 0.2) is 0 Å². The van der Waals surface area contributed by atoms with Crippen molar-refractivity contribution >= 4 is 0 Å². The number of hydrogen-bond acceptors (Lipinski definition) is 0. The molecule has 0 unspecified atom stereocenters. The Morgan fingerprint density at radius 1 is 0.250 bits per heavy atom. The lowest BCUT2D eigenvalue weighted by Gasteiger charge is -2.49. The second-order valence-electron chi connectivity index (χ2n) is 29.7. The molecule has 0 atom stereocenters. The van der Waals surface area contributed by atoms with Gasteiger partial charge >= 0.3 is 0 Å². The predicted molar refractivity (Wildman–Crippen MR) is 321 cm³/mol. The van der Waals surface area contributed by atoms with Crippen LogP contribution in [0.25, 0.3) is 0 Å². The van der Waals surface area contributed by atoms with Crippen LogP contribution in [0, 0.1) is 100 Å². The second-order valence-corrected chi connectivity index (χ2v) is 29.7. The summed E-state index contributed by atoms with van der Waals surface area (Å²) in [6, 6.07) is 0. The van der Waals surface area contributed by atoms with E-state index in [1.807, 2.05) is 0 Å². The highest BCUT2D eigenvalue weighted by Gasteiger charge is 2.47. The molecule has 18 saturated carbocycles. The quantitative estimate of drug-likeness (QED) is 0.212. The third-order valence-corrected chi connectivity index (χ3v) is 24.2. The van der Waals surface area contributed by atoms with Crippen molar-refractivity contribution in [2.75, 3.05) is 0 Å². The molecule has 20 rings (SSSR count). The van der Waals surface area contributed by atoms with Crippen LogP contribution in [0.3, 0.4) is 0 Å². The van der Waals surface area contributed by atoms with Gasteiger partial charge in [0.05, 0.1) is 0 Å². The molecule has 0 radical (unpaired) electrons. The van der Waals surface area contributed by atoms with Crippen LogP contribution >= 0.6 is 0 Å². The maximum Gasteiger partial charge on any atom is -0.0234 e. The van der Waals surface area contributed by atoms with Gasteiger partial charge in [-0.15, -0.1) is 0 Å². The molecule has 0 amide bonds. The number of fused-ring (bicyclic) bond motifs is 19. The van der Waals surface area contributed by atoms with Gasteiger partial charge in [-0.05, 0) is 190 Å². The minimum Gasteiger partial charge on any atom is -0.0880 e. The zero-order valence-electron chi connectivity index (χ0n) is 46.8. The standard InChI is InChI=1S/C11H20.C11H18.C10H16.C10H18.C9H16.C8H14.C7H12.C3H6.3CH4/c2*1-4-10-6-2-7-11(5-1)9-3-8-10;1-7-2-9-4-8(1)5-10(3-7)6-9;1-2-6-10-8-4-3-7-9(10)5-1;1-9(2)7-3-4-8(9)6-5-7;1-2-8-5-3-7(1)4-6-8;1-2-7-4-3-6(1)5-7;1-2-3-1;;;/h10-11H,1-9H2;1,4,10-11H,2-3,5-9H2;7-10H,1-6H2;9-10H,1-8H2;7-8H,3-6H2,1-2H3;7-8H,1-6H2;6-7H,1-5H2;1-3H2;3*1H4. The van der Waals surface area contributed by atoms with E-state index in [9.17, 15) is 0 Å². The van der Waals surface area contributed by atoms with Crippen LogP contribution < -0.4 is 0 Å². The maximum atomic E-state index is 2.48. The third-order valence-electron chi connectivity index (χ3n) is 24.2. The SMILES string of the molecule is C.C.C.C1=CC2CCCC(C1)CCC2.C1C2CC3CC1CC(C2)C3.C1CC1.C1CC2CCC1C2.C1CC2CCC1CC2.C1CC2CCCC(C1)CCC2.C1CCC2CCCCC2C1.CC1(C)C2CCC1CC2. The molecule has 420 valence electrons. The van der Waals surface area contributed by atoms with Gasteiger partial charge in [-0.1, -0.05) is 267 Å². The molecular formula is C72H132. The first-order valence-electron chi connectivity index (χ1n) is 33.5. The maximum absolute atomic E-state index is 2.48. The van der Waals surface area contributed by atoms with Crippen LogP contribution in [-0.2, 0) is 0 Å². The van der Waals surface area contributed by atoms with Crippen molar-refractivity contribution in [3.8, 4) is 0 Å². The number of allylic oxidation sites excluding steroid dienone is 2. The van der Waals surface area contributed by atoms with Gasteiger partial charge < -0.3 is 0 Å². The normalized spacial score (nSPS) is 41.9. The van der Waals surface area contributed by atoms with Gasteiger partial charge in [0.25, 0.3) is 0 Å². The number of hydrogen-bond donors (Lipinski definition) is 0. The molecule has 0 aliphatic heterocycles. The first-order chi connectivity index (χ1) is 33.9. The van der Waals surface area contributed by atoms with Gasteiger partial charge in [-0.25, -0.2) is 0 Å². The van der Waals surface area contributed by atoms with Crippen molar-refractivity contribution in [2.24, 2.45) is 100 Å². The smallest absolute Gasteiger partial charge is 0.0234 e. The molecule has 0 spiro atoms. The topological polar surface area (TPSA) is 0 Å². The summed E-state index contributed by atoms with van der Waals surface area (Å²) in [5, 5.41) is 0. The highest BCUT2D eigenvalue weighted by molar-refractivity contribution is 4.98. The minimum atomic E-state index is 0. The molecule has 0 heteroatoms. The van der Waals surface area contributed by atoms with E-state index in [-0.39, 0.29) is 22.3 Å². The van der Waals surface area contributed by atoms with Crippen molar-refractivity contribution < 1.29 is 0 Å². The monoisotopic (exact) mass is 997 g/mol. The van der Waals surface area contributed by atoms with Crippen molar-refractivity contribution in [1.29, 1.82) is 0 Å². The van der Waals surface area contributed by atoms with E-state index in [0.717, 1.165) is 64.6 Å². The van der Waals surface area contributed by atoms with Crippen molar-refractivity contribution in [2.45, 2.75) is 344 Å². The zero-order valence-corrected chi connectivity index (χ0v) is 46.8. The van der Waals surface area contributed by atoms with Crippen LogP contribution in [0.4, 0.5) is 0 Å². The molecule has 0 aromatic rings. The molecule has 0 heterocycles. The summed E-state index contributed by atoms with van der Waals surface area (Å²) < 4.78 is 0. The molecule has 0 saturated heterocycles. The van der Waals surface area contributed by atoms with Crippen molar-refractivity contribution in [3.63, 3.8) is 0 Å². The Morgan fingerprint density at radius 2 is 0.528 bits per heavy atom. The lowest BCUT2D eigenvalue weighted by molar-refractivity contribution is 0.0198. The molecule has 14 bridgehead atoms. The zero-order chi connectivity index (χ0) is 47.1. The van der Waals surface area contributed by atoms with E-state index in [2.05, 4.69) is 26.0 Å². The average Bonchev–Trinajstić information content (AvgIpc) is 3.88. The summed E-state index contributed by atoms with van der Waals surface area (Å²) in [5.41, 5.74) is 0.722. The van der Waals surface area contributed by atoms with Crippen LogP contribution in [0.1, 0.15) is 344 Å². The molecule has 0 N–H and O–H groups in total. The highest BCUT2D eigenvalue weighted by Crippen LogP contribution is 2.57. The number of rotatable bonds is 0. The minimum absolute atomic E-state index is 0. The van der Waals surface area contributed by atoms with E-state index in [1.165, 1.54) is 170 Å². The molecule has 18 fully saturated rings. The first-order valence-corrected chi connectivity index (χ1v) is 33.5. The van der Waals surface area contributed by atoms with E-state index >= 15 is 0 Å². The summed E-state index contributed by atoms with van der Waals surface area (Å²) in [7, 11) is 0. The molecule has 20 aliphatic carbocycles. The largest absolute Gasteiger partial charge is 0.0880 e. The Morgan fingerprint density at radius 3 is 0.792 bits per heavy atom. The van der Waals surface area contributed by atoms with Crippen LogP contribution in [-0.4, -0.2) is 0 Å². The van der Waals surface area contributed by atoms with Gasteiger partial charge in [-0.3, -0.25) is 0 Å². The summed E-state index contributed by atoms with van der Waals surface area (Å²) in [5.74, 6) is 18.1. The van der Waals surface area contributed by atoms with Crippen molar-refractivity contribution in [3.05, 3.63) is 12.2 Å². The van der Waals surface area contributed by atoms with Gasteiger partial charge in [0.1, 0.15) is 0 Å². The fraction of sp³-hybridized carbons (Fsp3) is 0.972. The molecule has 72 heavy (non-hydrogen) atoms. The molecule has 0 nitrogen and oxygen atoms in total. The Labute approximate surface area is 454 Å². The molecular weight excluding hydrogens is 865 g/mol. The van der Waals surface area contributed by atoms with Gasteiger partial charge in [-0.2, -0.15) is 0 Å². The van der Waals surface area contributed by atoms with Gasteiger partial charge in [0.2, 0.25) is 0 Å². The Balaban J connectivity index is 0.000000135. The van der Waals surface area contributed by atoms with E-state index in [1.54, 1.807) is 173 Å². The van der Waals surface area contributed by atoms with E-state index in [4.69, 9.17) is 0 Å². The molecule has 0 aromatic carbocycles. The highest BCUT2D eigenvalue weighted by atomic mass is 14.5. The lowest BCUT2D eigenvalue weighted by Crippen LogP contribution is -2.38. The van der Waals surface area contributed by atoms with Crippen LogP contribution in [0.5, 0.6) is 0 Å². The first kappa shape index (κ1) is 61.0. The summed E-state index contributed by atoms with van der Waals surface area (Å²) in [6.07, 6.45) is 78.9. The Kier molecular flexibility index (Phi) is 27.1. The fourth-order valence-electron chi connectivity index (χ4n) is 19.7. The summed E-state index contributed by atoms with van der Waals surface area (Å²) >= 11 is 0. The average molecular weight is 998 g/mol. The van der Waals surface area contributed by atoms with E-state index in [0.29, 0.717) is 0 Å². The van der Waals surface area contributed by atoms with Gasteiger partial charge in [0, 0.05) is 0 Å². The summed E-state index contributed by atoms with van der Waals surface area (Å²) in [6.45, 7) is 4.92. The second kappa shape index (κ2) is 32.0. The van der Waals surface area contributed by atoms with Crippen molar-refractivity contribution in [1.82, 2.24) is 0 Å². The van der Waals surface area contributed by atoms with E-state index < -0.39 is 0 Å². The Bertz CT molecular complexity index is 1230. The summed E-state index contributed by atoms with van der Waals surface area (Å²) in [4.78, 5) is 0. The van der Waals surface area contributed by atoms with Crippen LogP contribution in [0.15, 0.2) is 12.2 Å². The Hall–Kier alpha value is -0.260.